The fourth-order valence-electron chi connectivity index (χ4n) is 3.27. The van der Waals surface area contributed by atoms with Crippen LogP contribution in [0, 0.1) is 11.2 Å². The van der Waals surface area contributed by atoms with Gasteiger partial charge in [0.2, 0.25) is 0 Å². The molecule has 1 aromatic carbocycles. The molecule has 0 atom stereocenters. The lowest BCUT2D eigenvalue weighted by molar-refractivity contribution is 0.0897. The lowest BCUT2D eigenvalue weighted by Gasteiger charge is -2.48. The average molecular weight is 501 g/mol. The number of hydrazone groups is 1. The average Bonchev–Trinajstić information content (AvgIpc) is 2.71. The van der Waals surface area contributed by atoms with Crippen LogP contribution in [0.2, 0.25) is 10.0 Å². The van der Waals surface area contributed by atoms with Crippen LogP contribution in [0.5, 0.6) is 0 Å². The third-order valence-electron chi connectivity index (χ3n) is 4.91. The van der Waals surface area contributed by atoms with Gasteiger partial charge in [-0.3, -0.25) is 15.2 Å². The van der Waals surface area contributed by atoms with Gasteiger partial charge in [-0.2, -0.15) is 9.41 Å². The molecule has 1 aromatic heterocycles. The largest absolute Gasteiger partial charge is 0.351 e. The number of aromatic nitrogens is 1. The molecule has 2 heterocycles. The van der Waals surface area contributed by atoms with E-state index >= 15 is 0 Å². The number of hydrogen-bond donors (Lipinski definition) is 3. The summed E-state index contributed by atoms with van der Waals surface area (Å²) in [7, 11) is -2.68. The van der Waals surface area contributed by atoms with E-state index in [1.165, 1.54) is 43.6 Å². The first-order valence-electron chi connectivity index (χ1n) is 9.23. The monoisotopic (exact) mass is 500 g/mol. The molecule has 0 saturated carbocycles. The molecule has 1 saturated heterocycles. The van der Waals surface area contributed by atoms with Crippen LogP contribution in [0.25, 0.3) is 0 Å². The van der Waals surface area contributed by atoms with Crippen molar-refractivity contribution in [3.05, 3.63) is 63.6 Å². The van der Waals surface area contributed by atoms with Crippen molar-refractivity contribution in [3.8, 4) is 0 Å². The van der Waals surface area contributed by atoms with Crippen molar-refractivity contribution >= 4 is 50.4 Å². The first-order valence-corrected chi connectivity index (χ1v) is 11.4. The van der Waals surface area contributed by atoms with Gasteiger partial charge >= 0.3 is 0 Å². The Bertz CT molecular complexity index is 1190. The van der Waals surface area contributed by atoms with Crippen molar-refractivity contribution in [3.63, 3.8) is 0 Å². The maximum Gasteiger partial charge on any atom is 0.261 e. The van der Waals surface area contributed by atoms with Crippen molar-refractivity contribution in [2.24, 2.45) is 5.10 Å². The highest BCUT2D eigenvalue weighted by Gasteiger charge is 2.52. The molecule has 32 heavy (non-hydrogen) atoms. The predicted octanol–water partition coefficient (Wildman–Crippen LogP) is 2.02. The van der Waals surface area contributed by atoms with E-state index in [1.807, 2.05) is 0 Å². The van der Waals surface area contributed by atoms with Crippen LogP contribution >= 0.6 is 23.2 Å². The van der Waals surface area contributed by atoms with Gasteiger partial charge in [0.25, 0.3) is 15.9 Å². The molecular weight excluding hydrogens is 482 g/mol. The number of carbonyl (C=O) groups is 1. The second kappa shape index (κ2) is 9.49. The van der Waals surface area contributed by atoms with Gasteiger partial charge < -0.3 is 10.7 Å². The number of pyridine rings is 1. The van der Waals surface area contributed by atoms with Crippen molar-refractivity contribution in [2.45, 2.75) is 5.41 Å². The molecule has 9 nitrogen and oxygen atoms in total. The normalized spacial score (nSPS) is 15.9. The number of hydrogen-bond acceptors (Lipinski definition) is 7. The topological polar surface area (TPSA) is 128 Å². The molecule has 0 unspecified atom stereocenters. The molecule has 3 N–H and O–H groups in total. The minimum atomic E-state index is -4.14. The smallest absolute Gasteiger partial charge is 0.261 e. The van der Waals surface area contributed by atoms with E-state index in [9.17, 15) is 17.6 Å². The molecule has 3 rings (SSSR count). The van der Waals surface area contributed by atoms with E-state index in [1.54, 1.807) is 0 Å². The minimum Gasteiger partial charge on any atom is -0.351 e. The maximum absolute atomic E-state index is 14.6. The zero-order valence-corrected chi connectivity index (χ0v) is 19.1. The van der Waals surface area contributed by atoms with Crippen LogP contribution in [0.1, 0.15) is 16.1 Å². The Labute approximate surface area is 194 Å². The van der Waals surface area contributed by atoms with Gasteiger partial charge in [0.1, 0.15) is 5.82 Å². The number of amides is 1. The highest BCUT2D eigenvalue weighted by atomic mass is 35.5. The third-order valence-corrected chi connectivity index (χ3v) is 7.06. The molecule has 0 aliphatic carbocycles. The van der Waals surface area contributed by atoms with Crippen LogP contribution in [-0.4, -0.2) is 61.6 Å². The quantitative estimate of drug-likeness (QED) is 0.304. The van der Waals surface area contributed by atoms with E-state index in [2.05, 4.69) is 20.8 Å². The van der Waals surface area contributed by atoms with E-state index < -0.39 is 32.2 Å². The second-order valence-electron chi connectivity index (χ2n) is 7.04. The molecule has 1 aliphatic rings. The molecule has 1 aliphatic heterocycles. The maximum atomic E-state index is 14.6. The van der Waals surface area contributed by atoms with Gasteiger partial charge in [0.05, 0.1) is 27.9 Å². The summed E-state index contributed by atoms with van der Waals surface area (Å²) < 4.78 is 40.8. The Morgan fingerprint density at radius 3 is 2.72 bits per heavy atom. The number of sulfonamides is 1. The highest BCUT2D eigenvalue weighted by molar-refractivity contribution is 8.06. The van der Waals surface area contributed by atoms with Gasteiger partial charge in [-0.1, -0.05) is 23.2 Å². The van der Waals surface area contributed by atoms with E-state index in [0.717, 1.165) is 10.5 Å². The Balaban J connectivity index is 1.84. The lowest BCUT2D eigenvalue weighted by atomic mass is 9.77. The molecule has 13 heteroatoms. The third kappa shape index (κ3) is 4.75. The zero-order valence-electron chi connectivity index (χ0n) is 16.8. The molecule has 170 valence electrons. The number of benzene rings is 1. The lowest BCUT2D eigenvalue weighted by Crippen LogP contribution is -2.66. The number of halogens is 3. The van der Waals surface area contributed by atoms with Crippen molar-refractivity contribution in [2.75, 3.05) is 26.7 Å². The number of rotatable bonds is 7. The van der Waals surface area contributed by atoms with Gasteiger partial charge in [0.15, 0.2) is 5.04 Å². The van der Waals surface area contributed by atoms with Gasteiger partial charge in [-0.15, -0.1) is 0 Å². The summed E-state index contributed by atoms with van der Waals surface area (Å²) in [5, 5.41) is 13.8. The fraction of sp³-hybridized carbons (Fsp3) is 0.263. The molecule has 0 spiro atoms. The molecule has 0 bridgehead atoms. The first kappa shape index (κ1) is 24.1. The Kier molecular flexibility index (Phi) is 7.13. The molecule has 1 amide bonds. The molecular formula is C19H19Cl2FN6O3S. The van der Waals surface area contributed by atoms with E-state index in [-0.39, 0.29) is 35.9 Å². The van der Waals surface area contributed by atoms with Crippen LogP contribution in [0.15, 0.2) is 41.6 Å². The van der Waals surface area contributed by atoms with Crippen molar-refractivity contribution in [1.82, 2.24) is 20.0 Å². The summed E-state index contributed by atoms with van der Waals surface area (Å²) >= 11 is 11.9. The summed E-state index contributed by atoms with van der Waals surface area (Å²) in [5.41, 5.74) is 1.43. The van der Waals surface area contributed by atoms with Crippen LogP contribution in [0.4, 0.5) is 4.39 Å². The molecule has 1 fully saturated rings. The van der Waals surface area contributed by atoms with Crippen molar-refractivity contribution in [1.29, 1.82) is 5.41 Å². The molecule has 2 aromatic rings. The minimum absolute atomic E-state index is 0.0179. The number of nitrogens with zero attached hydrogens (tertiary/aromatic N) is 3. The summed E-state index contributed by atoms with van der Waals surface area (Å²) in [6.07, 6.45) is 2.25. The Morgan fingerprint density at radius 1 is 1.38 bits per heavy atom. The van der Waals surface area contributed by atoms with Crippen LogP contribution < -0.4 is 10.7 Å². The summed E-state index contributed by atoms with van der Waals surface area (Å²) in [6, 6.07) is 7.00. The van der Waals surface area contributed by atoms with Gasteiger partial charge in [0, 0.05) is 37.9 Å². The van der Waals surface area contributed by atoms with Gasteiger partial charge in [-0.25, -0.2) is 12.8 Å². The standard InChI is InChI=1S/C19H19Cl2FN6O3S/c1-24-27-8-16(23)32(30,31)28-10-19(11-28,17-15(22)3-2-6-25-17)9-26-18(29)13-5-4-12(20)7-14(13)21/h2-8,23-24H,9-11H2,1H3,(H,26,29)/b23-16?,27-8-. The fourth-order valence-corrected chi connectivity index (χ4v) is 5.06. The summed E-state index contributed by atoms with van der Waals surface area (Å²) in [4.78, 5) is 16.7. The van der Waals surface area contributed by atoms with E-state index in [4.69, 9.17) is 28.6 Å². The number of carbonyl (C=O) groups excluding carboxylic acids is 1. The van der Waals surface area contributed by atoms with Crippen molar-refractivity contribution < 1.29 is 17.6 Å². The summed E-state index contributed by atoms with van der Waals surface area (Å²) in [6.45, 7) is -0.482. The van der Waals surface area contributed by atoms with Crippen LogP contribution in [-0.2, 0) is 15.4 Å². The zero-order chi connectivity index (χ0) is 23.5. The number of nitrogens with one attached hydrogen (secondary N) is 3. The van der Waals surface area contributed by atoms with Crippen LogP contribution in [0.3, 0.4) is 0 Å². The van der Waals surface area contributed by atoms with E-state index in [0.29, 0.717) is 5.02 Å². The first-order chi connectivity index (χ1) is 15.1. The summed E-state index contributed by atoms with van der Waals surface area (Å²) in [5.74, 6) is -1.16. The highest BCUT2D eigenvalue weighted by Crippen LogP contribution is 2.36. The Hall–Kier alpha value is -2.60. The van der Waals surface area contributed by atoms with Gasteiger partial charge in [-0.05, 0) is 30.3 Å². The predicted molar refractivity (Wildman–Crippen MR) is 120 cm³/mol. The SMILES string of the molecule is CN/N=C\C(=N)S(=O)(=O)N1CC(CNC(=O)c2ccc(Cl)cc2Cl)(c2ncccc2F)C1. The molecule has 0 radical (unpaired) electrons. The second-order valence-corrected chi connectivity index (χ2v) is 9.79. The Morgan fingerprint density at radius 2 is 2.09 bits per heavy atom.